The van der Waals surface area contributed by atoms with E-state index in [1.807, 2.05) is 30.7 Å². The fourth-order valence-corrected chi connectivity index (χ4v) is 3.45. The van der Waals surface area contributed by atoms with E-state index in [1.54, 1.807) is 13.1 Å². The van der Waals surface area contributed by atoms with E-state index in [-0.39, 0.29) is 5.91 Å². The topological polar surface area (TPSA) is 46.9 Å². The van der Waals surface area contributed by atoms with Gasteiger partial charge in [0.05, 0.1) is 12.1 Å². The van der Waals surface area contributed by atoms with Crippen molar-refractivity contribution in [3.8, 4) is 0 Å². The summed E-state index contributed by atoms with van der Waals surface area (Å²) in [4.78, 5) is 11.9. The minimum atomic E-state index is -0.410. The van der Waals surface area contributed by atoms with E-state index < -0.39 is 11.2 Å². The summed E-state index contributed by atoms with van der Waals surface area (Å²) in [5.74, 6) is -0.289. The van der Waals surface area contributed by atoms with E-state index in [4.69, 9.17) is 5.10 Å². The lowest BCUT2D eigenvalue weighted by Gasteiger charge is -2.26. The van der Waals surface area contributed by atoms with Crippen LogP contribution in [0.1, 0.15) is 55.1 Å². The van der Waals surface area contributed by atoms with E-state index in [0.717, 1.165) is 16.5 Å². The van der Waals surface area contributed by atoms with Crippen molar-refractivity contribution in [1.29, 1.82) is 0 Å². The number of carbonyl (C=O) groups excluding carboxylic acids is 1. The lowest BCUT2D eigenvalue weighted by Crippen LogP contribution is -2.26. The molecule has 1 N–H and O–H groups in total. The molecule has 4 nitrogen and oxygen atoms in total. The van der Waals surface area contributed by atoms with Crippen LogP contribution in [0.15, 0.2) is 42.6 Å². The number of carbonyl (C=O) groups is 1. The van der Waals surface area contributed by atoms with Crippen LogP contribution in [-0.4, -0.2) is 22.7 Å². The molecule has 0 radical (unpaired) electrons. The first-order valence-electron chi connectivity index (χ1n) is 9.20. The molecule has 0 unspecified atom stereocenters. The predicted molar refractivity (Wildman–Crippen MR) is 107 cm³/mol. The minimum absolute atomic E-state index is 0.294. The van der Waals surface area contributed by atoms with Crippen molar-refractivity contribution in [2.45, 2.75) is 45.6 Å². The zero-order valence-corrected chi connectivity index (χ0v) is 16.5. The molecule has 0 aliphatic heterocycles. The molecule has 0 atom stereocenters. The summed E-state index contributed by atoms with van der Waals surface area (Å²) in [5.41, 5.74) is 2.93. The van der Waals surface area contributed by atoms with E-state index in [0.29, 0.717) is 18.0 Å². The van der Waals surface area contributed by atoms with Gasteiger partial charge in [0.2, 0.25) is 0 Å². The highest BCUT2D eigenvalue weighted by Crippen LogP contribution is 2.29. The van der Waals surface area contributed by atoms with Crippen molar-refractivity contribution >= 4 is 16.8 Å². The number of aromatic nitrogens is 2. The molecule has 0 spiro atoms. The Balaban J connectivity index is 1.97. The second kappa shape index (κ2) is 7.14. The molecule has 1 heterocycles. The third-order valence-electron chi connectivity index (χ3n) is 4.98. The summed E-state index contributed by atoms with van der Waals surface area (Å²) in [7, 11) is 1.54. The summed E-state index contributed by atoms with van der Waals surface area (Å²) >= 11 is 0. The molecule has 5 heteroatoms. The van der Waals surface area contributed by atoms with Crippen molar-refractivity contribution in [1.82, 2.24) is 15.1 Å². The maximum atomic E-state index is 14.1. The molecular formula is C22H26FN3O. The van der Waals surface area contributed by atoms with Crippen LogP contribution in [-0.2, 0) is 12.0 Å². The summed E-state index contributed by atoms with van der Waals surface area (Å²) < 4.78 is 16.0. The number of hydrogen-bond acceptors (Lipinski definition) is 2. The largest absolute Gasteiger partial charge is 0.355 e. The van der Waals surface area contributed by atoms with Crippen LogP contribution in [0.3, 0.4) is 0 Å². The Hall–Kier alpha value is -2.69. The van der Waals surface area contributed by atoms with E-state index >= 15 is 0 Å². The van der Waals surface area contributed by atoms with Crippen molar-refractivity contribution in [3.63, 3.8) is 0 Å². The lowest BCUT2D eigenvalue weighted by molar-refractivity contribution is 0.0962. The third kappa shape index (κ3) is 3.87. The Morgan fingerprint density at radius 2 is 2.00 bits per heavy atom. The fourth-order valence-electron chi connectivity index (χ4n) is 3.45. The van der Waals surface area contributed by atoms with Crippen LogP contribution < -0.4 is 5.32 Å². The SMILES string of the molecule is CNC(=O)c1cc(F)cc(C(C)(C)Cn2cc3c(C(C)C)cccc3n2)c1. The normalized spacial score (nSPS) is 12.0. The summed E-state index contributed by atoms with van der Waals surface area (Å²) in [6, 6.07) is 10.7. The van der Waals surface area contributed by atoms with Crippen molar-refractivity contribution in [2.75, 3.05) is 7.05 Å². The quantitative estimate of drug-likeness (QED) is 0.714. The Morgan fingerprint density at radius 3 is 2.67 bits per heavy atom. The highest BCUT2D eigenvalue weighted by Gasteiger charge is 2.24. The second-order valence-corrected chi connectivity index (χ2v) is 7.95. The van der Waals surface area contributed by atoms with E-state index in [9.17, 15) is 9.18 Å². The number of nitrogens with one attached hydrogen (secondary N) is 1. The first-order chi connectivity index (χ1) is 12.7. The second-order valence-electron chi connectivity index (χ2n) is 7.95. The fraction of sp³-hybridized carbons (Fsp3) is 0.364. The van der Waals surface area contributed by atoms with Gasteiger partial charge >= 0.3 is 0 Å². The Kier molecular flexibility index (Phi) is 5.05. The number of benzene rings is 2. The molecule has 2 aromatic carbocycles. The van der Waals surface area contributed by atoms with Gasteiger partial charge in [0.25, 0.3) is 5.91 Å². The van der Waals surface area contributed by atoms with Gasteiger partial charge < -0.3 is 5.32 Å². The molecule has 0 bridgehead atoms. The van der Waals surface area contributed by atoms with Gasteiger partial charge in [0.15, 0.2) is 0 Å². The molecule has 0 saturated carbocycles. The molecule has 3 aromatic rings. The van der Waals surface area contributed by atoms with Crippen LogP contribution in [0.4, 0.5) is 4.39 Å². The molecule has 3 rings (SSSR count). The van der Waals surface area contributed by atoms with E-state index in [2.05, 4.69) is 31.4 Å². The smallest absolute Gasteiger partial charge is 0.251 e. The number of rotatable bonds is 5. The van der Waals surface area contributed by atoms with E-state index in [1.165, 1.54) is 17.7 Å². The maximum Gasteiger partial charge on any atom is 0.251 e. The number of hydrogen-bond donors (Lipinski definition) is 1. The molecule has 142 valence electrons. The first kappa shape index (κ1) is 19.1. The number of nitrogens with zero attached hydrogens (tertiary/aromatic N) is 2. The Bertz CT molecular complexity index is 988. The molecule has 1 amide bonds. The Labute approximate surface area is 159 Å². The van der Waals surface area contributed by atoms with Crippen LogP contribution in [0, 0.1) is 5.82 Å². The van der Waals surface area contributed by atoms with Gasteiger partial charge in [-0.05, 0) is 41.3 Å². The summed E-state index contributed by atoms with van der Waals surface area (Å²) in [6.45, 7) is 8.98. The maximum absolute atomic E-state index is 14.1. The number of amides is 1. The molecule has 0 fully saturated rings. The van der Waals surface area contributed by atoms with Gasteiger partial charge in [0, 0.05) is 29.6 Å². The predicted octanol–water partition coefficient (Wildman–Crippen LogP) is 4.64. The highest BCUT2D eigenvalue weighted by atomic mass is 19.1. The number of fused-ring (bicyclic) bond motifs is 1. The molecular weight excluding hydrogens is 341 g/mol. The highest BCUT2D eigenvalue weighted by molar-refractivity contribution is 5.94. The van der Waals surface area contributed by atoms with Gasteiger partial charge in [0.1, 0.15) is 5.82 Å². The van der Waals surface area contributed by atoms with Crippen LogP contribution in [0.5, 0.6) is 0 Å². The molecule has 27 heavy (non-hydrogen) atoms. The Morgan fingerprint density at radius 1 is 1.26 bits per heavy atom. The van der Waals surface area contributed by atoms with Crippen molar-refractivity contribution in [2.24, 2.45) is 0 Å². The zero-order valence-electron chi connectivity index (χ0n) is 16.5. The standard InChI is InChI=1S/C22H26FN3O/c1-14(2)18-7-6-8-20-19(18)12-26(25-20)13-22(3,4)16-9-15(21(27)24-5)10-17(23)11-16/h6-12,14H,13H2,1-5H3,(H,24,27). The van der Waals surface area contributed by atoms with Crippen molar-refractivity contribution < 1.29 is 9.18 Å². The average molecular weight is 367 g/mol. The first-order valence-corrected chi connectivity index (χ1v) is 9.20. The molecule has 1 aromatic heterocycles. The molecule has 0 saturated heterocycles. The van der Waals surface area contributed by atoms with Gasteiger partial charge in [-0.25, -0.2) is 4.39 Å². The van der Waals surface area contributed by atoms with Crippen molar-refractivity contribution in [3.05, 3.63) is 65.1 Å². The molecule has 0 aliphatic rings. The lowest BCUT2D eigenvalue weighted by atomic mass is 9.83. The van der Waals surface area contributed by atoms with Crippen LogP contribution in [0.2, 0.25) is 0 Å². The minimum Gasteiger partial charge on any atom is -0.355 e. The van der Waals surface area contributed by atoms with Crippen LogP contribution >= 0.6 is 0 Å². The van der Waals surface area contributed by atoms with Gasteiger partial charge in [-0.2, -0.15) is 5.10 Å². The zero-order chi connectivity index (χ0) is 19.8. The summed E-state index contributed by atoms with van der Waals surface area (Å²) in [6.07, 6.45) is 2.06. The third-order valence-corrected chi connectivity index (χ3v) is 4.98. The van der Waals surface area contributed by atoms with Gasteiger partial charge in [-0.1, -0.05) is 39.8 Å². The van der Waals surface area contributed by atoms with Gasteiger partial charge in [-0.15, -0.1) is 0 Å². The monoisotopic (exact) mass is 367 g/mol. The molecule has 0 aliphatic carbocycles. The van der Waals surface area contributed by atoms with Crippen LogP contribution in [0.25, 0.3) is 10.9 Å². The summed E-state index contributed by atoms with van der Waals surface area (Å²) in [5, 5.41) is 8.40. The number of halogens is 1. The average Bonchev–Trinajstić information content (AvgIpc) is 3.01. The van der Waals surface area contributed by atoms with Gasteiger partial charge in [-0.3, -0.25) is 9.48 Å².